The molecule has 0 aliphatic carbocycles. The molecule has 4 rings (SSSR count). The van der Waals surface area contributed by atoms with E-state index in [4.69, 9.17) is 0 Å². The maximum absolute atomic E-state index is 14.3. The number of carbonyl (C=O) groups excluding carboxylic acids is 1. The van der Waals surface area contributed by atoms with E-state index in [1.54, 1.807) is 54.9 Å². The molecule has 0 saturated heterocycles. The zero-order valence-electron chi connectivity index (χ0n) is 17.2. The van der Waals surface area contributed by atoms with E-state index in [2.05, 4.69) is 20.1 Å². The Bertz CT molecular complexity index is 1260. The van der Waals surface area contributed by atoms with E-state index >= 15 is 0 Å². The van der Waals surface area contributed by atoms with Crippen molar-refractivity contribution in [3.63, 3.8) is 0 Å². The van der Waals surface area contributed by atoms with Crippen LogP contribution in [0.3, 0.4) is 0 Å². The summed E-state index contributed by atoms with van der Waals surface area (Å²) in [5, 5.41) is 6.69. The first-order chi connectivity index (χ1) is 15.4. The van der Waals surface area contributed by atoms with Crippen molar-refractivity contribution in [1.29, 1.82) is 0 Å². The summed E-state index contributed by atoms with van der Waals surface area (Å²) >= 11 is 0. The number of hydrogen-bond acceptors (Lipinski definition) is 5. The second-order valence-corrected chi connectivity index (χ2v) is 8.96. The van der Waals surface area contributed by atoms with Gasteiger partial charge < -0.3 is 5.32 Å². The van der Waals surface area contributed by atoms with E-state index in [1.807, 2.05) is 0 Å². The Balaban J connectivity index is 1.21. The van der Waals surface area contributed by atoms with Gasteiger partial charge in [-0.2, -0.15) is 5.10 Å². The highest BCUT2D eigenvalue weighted by Crippen LogP contribution is 2.22. The van der Waals surface area contributed by atoms with Crippen LogP contribution in [-0.2, 0) is 14.8 Å². The molecular weight excluding hydrogens is 433 g/mol. The van der Waals surface area contributed by atoms with Gasteiger partial charge in [-0.05, 0) is 49.2 Å². The molecule has 1 aliphatic rings. The molecule has 10 heteroatoms. The van der Waals surface area contributed by atoms with Crippen LogP contribution in [0.2, 0.25) is 0 Å². The van der Waals surface area contributed by atoms with Crippen LogP contribution in [0.25, 0.3) is 5.69 Å². The maximum Gasteiger partial charge on any atom is 0.263 e. The predicted octanol–water partition coefficient (Wildman–Crippen LogP) is 3.25. The molecule has 166 valence electrons. The summed E-state index contributed by atoms with van der Waals surface area (Å²) in [6.07, 6.45) is 5.62. The average molecular weight is 456 g/mol. The largest absolute Gasteiger partial charge is 0.326 e. The van der Waals surface area contributed by atoms with Gasteiger partial charge in [-0.25, -0.2) is 17.5 Å². The number of amidine groups is 1. The van der Waals surface area contributed by atoms with Crippen LogP contribution in [0.1, 0.15) is 31.2 Å². The first-order valence-corrected chi connectivity index (χ1v) is 11.7. The van der Waals surface area contributed by atoms with Crippen molar-refractivity contribution in [3.05, 3.63) is 72.3 Å². The number of rotatable bonds is 8. The number of nitrogens with zero attached hydrogens (tertiary/aromatic N) is 3. The van der Waals surface area contributed by atoms with Gasteiger partial charge in [-0.1, -0.05) is 18.6 Å². The van der Waals surface area contributed by atoms with Gasteiger partial charge in [-0.3, -0.25) is 14.5 Å². The zero-order valence-corrected chi connectivity index (χ0v) is 18.0. The molecule has 0 fully saturated rings. The maximum atomic E-state index is 14.3. The second kappa shape index (κ2) is 9.31. The van der Waals surface area contributed by atoms with Crippen LogP contribution >= 0.6 is 0 Å². The van der Waals surface area contributed by atoms with E-state index in [0.717, 1.165) is 6.42 Å². The Hall–Kier alpha value is -3.53. The SMILES string of the molecule is O=C(CCCCCN=C1NS(=O)(=O)c2ccccc21)Nc1ccc(-n2cccn2)c(F)c1. The van der Waals surface area contributed by atoms with Gasteiger partial charge in [0.15, 0.2) is 5.82 Å². The molecular formula is C22H22FN5O3S. The highest BCUT2D eigenvalue weighted by molar-refractivity contribution is 7.90. The minimum absolute atomic E-state index is 0.194. The molecule has 32 heavy (non-hydrogen) atoms. The average Bonchev–Trinajstić information content (AvgIpc) is 3.38. The Morgan fingerprint density at radius 1 is 1.12 bits per heavy atom. The fourth-order valence-corrected chi connectivity index (χ4v) is 4.67. The van der Waals surface area contributed by atoms with Gasteiger partial charge in [0.1, 0.15) is 11.5 Å². The van der Waals surface area contributed by atoms with Crippen LogP contribution < -0.4 is 10.0 Å². The fraction of sp³-hybridized carbons (Fsp3) is 0.227. The number of amides is 1. The lowest BCUT2D eigenvalue weighted by Gasteiger charge is -2.08. The van der Waals surface area contributed by atoms with Gasteiger partial charge in [0, 0.05) is 36.6 Å². The normalized spacial score (nSPS) is 15.3. The lowest BCUT2D eigenvalue weighted by molar-refractivity contribution is -0.116. The monoisotopic (exact) mass is 455 g/mol. The van der Waals surface area contributed by atoms with E-state index in [0.29, 0.717) is 48.6 Å². The number of nitrogens with one attached hydrogen (secondary N) is 2. The molecule has 1 amide bonds. The second-order valence-electron chi connectivity index (χ2n) is 7.31. The number of fused-ring (bicyclic) bond motifs is 1. The standard InChI is InChI=1S/C22H22FN5O3S/c23-18-15-16(10-11-19(18)28-14-6-13-25-28)26-21(29)9-2-1-5-12-24-22-17-7-3-4-8-20(17)32(30,31)27-22/h3-4,6-8,10-11,13-15H,1-2,5,9,12H2,(H,24,27)(H,26,29). The van der Waals surface area contributed by atoms with Crippen LogP contribution in [0.15, 0.2) is 70.8 Å². The lowest BCUT2D eigenvalue weighted by atomic mass is 10.1. The molecule has 1 aromatic heterocycles. The first-order valence-electron chi connectivity index (χ1n) is 10.2. The first kappa shape index (κ1) is 21.7. The quantitative estimate of drug-likeness (QED) is 0.509. The number of aliphatic imine (C=N–C) groups is 1. The Labute approximate surface area is 185 Å². The van der Waals surface area contributed by atoms with E-state index in [-0.39, 0.29) is 10.8 Å². The number of sulfonamides is 1. The number of hydrogen-bond donors (Lipinski definition) is 2. The molecule has 0 radical (unpaired) electrons. The van der Waals surface area contributed by atoms with Crippen LogP contribution in [-0.4, -0.2) is 36.5 Å². The molecule has 2 aromatic carbocycles. The molecule has 0 saturated carbocycles. The van der Waals surface area contributed by atoms with E-state index in [1.165, 1.54) is 10.7 Å². The van der Waals surface area contributed by atoms with E-state index < -0.39 is 15.8 Å². The Morgan fingerprint density at radius 2 is 1.97 bits per heavy atom. The molecule has 0 unspecified atom stereocenters. The molecule has 3 aromatic rings. The summed E-state index contributed by atoms with van der Waals surface area (Å²) in [5.74, 6) is -0.311. The summed E-state index contributed by atoms with van der Waals surface area (Å²) in [7, 11) is -3.53. The van der Waals surface area contributed by atoms with Crippen LogP contribution in [0.5, 0.6) is 0 Å². The number of anilines is 1. The number of carbonyl (C=O) groups is 1. The van der Waals surface area contributed by atoms with Crippen molar-refractivity contribution < 1.29 is 17.6 Å². The van der Waals surface area contributed by atoms with Crippen molar-refractivity contribution in [2.45, 2.75) is 30.6 Å². The van der Waals surface area contributed by atoms with Gasteiger partial charge in [0.05, 0.1) is 4.90 Å². The van der Waals surface area contributed by atoms with Gasteiger partial charge >= 0.3 is 0 Å². The highest BCUT2D eigenvalue weighted by atomic mass is 32.2. The molecule has 2 heterocycles. The number of halogens is 1. The molecule has 8 nitrogen and oxygen atoms in total. The van der Waals surface area contributed by atoms with Crippen molar-refractivity contribution in [3.8, 4) is 5.69 Å². The molecule has 1 aliphatic heterocycles. The molecule has 2 N–H and O–H groups in total. The number of aromatic nitrogens is 2. The third kappa shape index (κ3) is 4.86. The molecule has 0 spiro atoms. The van der Waals surface area contributed by atoms with Crippen molar-refractivity contribution in [2.75, 3.05) is 11.9 Å². The van der Waals surface area contributed by atoms with Crippen molar-refractivity contribution in [2.24, 2.45) is 4.99 Å². The van der Waals surface area contributed by atoms with Gasteiger partial charge in [-0.15, -0.1) is 0 Å². The van der Waals surface area contributed by atoms with Crippen LogP contribution in [0.4, 0.5) is 10.1 Å². The minimum atomic E-state index is -3.53. The van der Waals surface area contributed by atoms with Gasteiger partial charge in [0.2, 0.25) is 5.91 Å². The van der Waals surface area contributed by atoms with Crippen molar-refractivity contribution in [1.82, 2.24) is 14.5 Å². The number of unbranched alkanes of at least 4 members (excludes halogenated alkanes) is 2. The zero-order chi connectivity index (χ0) is 22.6. The van der Waals surface area contributed by atoms with Gasteiger partial charge in [0.25, 0.3) is 10.0 Å². The summed E-state index contributed by atoms with van der Waals surface area (Å²) in [6, 6.07) is 12.9. The predicted molar refractivity (Wildman–Crippen MR) is 119 cm³/mol. The topological polar surface area (TPSA) is 105 Å². The molecule has 0 bridgehead atoms. The minimum Gasteiger partial charge on any atom is -0.326 e. The summed E-state index contributed by atoms with van der Waals surface area (Å²) in [5.41, 5.74) is 1.28. The fourth-order valence-electron chi connectivity index (χ4n) is 3.42. The summed E-state index contributed by atoms with van der Waals surface area (Å²) < 4.78 is 42.3. The Kier molecular flexibility index (Phi) is 6.31. The number of benzene rings is 2. The summed E-state index contributed by atoms with van der Waals surface area (Å²) in [6.45, 7) is 0.452. The highest BCUT2D eigenvalue weighted by Gasteiger charge is 2.29. The smallest absolute Gasteiger partial charge is 0.263 e. The Morgan fingerprint density at radius 3 is 2.75 bits per heavy atom. The lowest BCUT2D eigenvalue weighted by Crippen LogP contribution is -2.22. The summed E-state index contributed by atoms with van der Waals surface area (Å²) in [4.78, 5) is 16.7. The van der Waals surface area contributed by atoms with Crippen LogP contribution in [0, 0.1) is 5.82 Å². The van der Waals surface area contributed by atoms with Crippen molar-refractivity contribution >= 4 is 27.5 Å². The third-order valence-corrected chi connectivity index (χ3v) is 6.37. The third-order valence-electron chi connectivity index (χ3n) is 4.98. The molecule has 0 atom stereocenters. The van der Waals surface area contributed by atoms with E-state index in [9.17, 15) is 17.6 Å².